The molecule has 0 bridgehead atoms. The molecule has 2 N–H and O–H groups in total. The Morgan fingerprint density at radius 1 is 1.62 bits per heavy atom. The number of nitrogens with two attached hydrogens (primary N) is 1. The summed E-state index contributed by atoms with van der Waals surface area (Å²) in [4.78, 5) is 8.15. The summed E-state index contributed by atoms with van der Waals surface area (Å²) < 4.78 is 5.21. The highest BCUT2D eigenvalue weighted by atomic mass is 79.9. The van der Waals surface area contributed by atoms with Crippen LogP contribution in [0.5, 0.6) is 5.88 Å². The number of aromatic nitrogens is 2. The molecule has 0 fully saturated rings. The Labute approximate surface area is 89.6 Å². The van der Waals surface area contributed by atoms with Crippen LogP contribution in [-0.2, 0) is 0 Å². The van der Waals surface area contributed by atoms with Crippen molar-refractivity contribution in [3.8, 4) is 5.88 Å². The van der Waals surface area contributed by atoms with Crippen molar-refractivity contribution >= 4 is 33.1 Å². The van der Waals surface area contributed by atoms with Gasteiger partial charge in [-0.1, -0.05) is 28.1 Å². The van der Waals surface area contributed by atoms with Crippen LogP contribution in [0, 0.1) is 0 Å². The highest BCUT2D eigenvalue weighted by Crippen LogP contribution is 2.04. The monoisotopic (exact) mass is 261 g/mol. The molecule has 0 atom stereocenters. The topological polar surface area (TPSA) is 61.0 Å². The smallest absolute Gasteiger partial charge is 0.232 e. The number of rotatable bonds is 4. The van der Waals surface area contributed by atoms with E-state index in [-0.39, 0.29) is 4.99 Å². The Balaban J connectivity index is 2.73. The maximum Gasteiger partial charge on any atom is 0.232 e. The van der Waals surface area contributed by atoms with E-state index < -0.39 is 0 Å². The molecule has 0 spiro atoms. The van der Waals surface area contributed by atoms with Gasteiger partial charge in [-0.2, -0.15) is 0 Å². The van der Waals surface area contributed by atoms with Gasteiger partial charge in [0.15, 0.2) is 0 Å². The first-order valence-electron chi connectivity index (χ1n) is 3.54. The number of nitrogens with zero attached hydrogens (tertiary/aromatic N) is 2. The van der Waals surface area contributed by atoms with Crippen LogP contribution in [0.25, 0.3) is 0 Å². The van der Waals surface area contributed by atoms with E-state index in [1.165, 1.54) is 12.4 Å². The highest BCUT2D eigenvalue weighted by molar-refractivity contribution is 9.09. The van der Waals surface area contributed by atoms with Gasteiger partial charge in [-0.15, -0.1) is 0 Å². The van der Waals surface area contributed by atoms with Crippen molar-refractivity contribution in [1.29, 1.82) is 0 Å². The summed E-state index contributed by atoms with van der Waals surface area (Å²) in [6, 6.07) is 0. The summed E-state index contributed by atoms with van der Waals surface area (Å²) >= 11 is 7.98. The maximum absolute atomic E-state index is 5.38. The van der Waals surface area contributed by atoms with Gasteiger partial charge in [0.25, 0.3) is 0 Å². The molecular formula is C7H8BrN3OS. The molecule has 70 valence electrons. The lowest BCUT2D eigenvalue weighted by Crippen LogP contribution is -2.13. The zero-order chi connectivity index (χ0) is 9.68. The number of hydrogen-bond donors (Lipinski definition) is 1. The van der Waals surface area contributed by atoms with Crippen molar-refractivity contribution in [2.75, 3.05) is 11.9 Å². The molecule has 1 aromatic rings. The fourth-order valence-corrected chi connectivity index (χ4v) is 0.940. The first kappa shape index (κ1) is 10.3. The minimum atomic E-state index is 0.219. The minimum absolute atomic E-state index is 0.219. The lowest BCUT2D eigenvalue weighted by molar-refractivity contribution is 0.329. The molecule has 0 aliphatic rings. The Bertz CT molecular complexity index is 308. The van der Waals surface area contributed by atoms with E-state index in [2.05, 4.69) is 25.9 Å². The summed E-state index contributed by atoms with van der Waals surface area (Å²) in [6.07, 6.45) is 3.02. The van der Waals surface area contributed by atoms with Crippen LogP contribution in [0.4, 0.5) is 0 Å². The number of thiocarbonyl (C=S) groups is 1. The number of alkyl halides is 1. The lowest BCUT2D eigenvalue weighted by Gasteiger charge is -2.03. The fourth-order valence-electron chi connectivity index (χ4n) is 0.679. The molecule has 0 saturated carbocycles. The van der Waals surface area contributed by atoms with Crippen LogP contribution < -0.4 is 10.5 Å². The van der Waals surface area contributed by atoms with Crippen LogP contribution >= 0.6 is 28.1 Å². The van der Waals surface area contributed by atoms with Crippen molar-refractivity contribution < 1.29 is 4.74 Å². The van der Waals surface area contributed by atoms with E-state index >= 15 is 0 Å². The van der Waals surface area contributed by atoms with E-state index in [0.717, 1.165) is 5.33 Å². The third-order valence-corrected chi connectivity index (χ3v) is 1.72. The molecule has 1 heterocycles. The van der Waals surface area contributed by atoms with Gasteiger partial charge in [-0.25, -0.2) is 4.98 Å². The van der Waals surface area contributed by atoms with Gasteiger partial charge >= 0.3 is 0 Å². The van der Waals surface area contributed by atoms with Crippen LogP contribution in [-0.4, -0.2) is 26.9 Å². The molecule has 0 amide bonds. The van der Waals surface area contributed by atoms with Crippen molar-refractivity contribution in [3.05, 3.63) is 18.1 Å². The molecule has 0 radical (unpaired) electrons. The van der Waals surface area contributed by atoms with Crippen LogP contribution in [0.1, 0.15) is 5.69 Å². The van der Waals surface area contributed by atoms with E-state index in [4.69, 9.17) is 22.7 Å². The van der Waals surface area contributed by atoms with Crippen molar-refractivity contribution in [2.45, 2.75) is 0 Å². The second kappa shape index (κ2) is 5.08. The average Bonchev–Trinajstić information content (AvgIpc) is 2.15. The van der Waals surface area contributed by atoms with Crippen molar-refractivity contribution in [1.82, 2.24) is 9.97 Å². The van der Waals surface area contributed by atoms with Crippen molar-refractivity contribution in [3.63, 3.8) is 0 Å². The van der Waals surface area contributed by atoms with Gasteiger partial charge in [0.2, 0.25) is 5.88 Å². The molecule has 4 nitrogen and oxygen atoms in total. The number of halogens is 1. The Hall–Kier alpha value is -0.750. The zero-order valence-electron chi connectivity index (χ0n) is 6.74. The summed E-state index contributed by atoms with van der Waals surface area (Å²) in [5.74, 6) is 0.435. The zero-order valence-corrected chi connectivity index (χ0v) is 9.14. The normalized spacial score (nSPS) is 9.62. The third kappa shape index (κ3) is 3.23. The summed E-state index contributed by atoms with van der Waals surface area (Å²) in [6.45, 7) is 0.537. The van der Waals surface area contributed by atoms with Gasteiger partial charge in [0.1, 0.15) is 10.7 Å². The quantitative estimate of drug-likeness (QED) is 0.644. The summed E-state index contributed by atoms with van der Waals surface area (Å²) in [5.41, 5.74) is 5.85. The highest BCUT2D eigenvalue weighted by Gasteiger charge is 2.01. The lowest BCUT2D eigenvalue weighted by atomic mass is 10.4. The van der Waals surface area contributed by atoms with Crippen LogP contribution in [0.2, 0.25) is 0 Å². The minimum Gasteiger partial charge on any atom is -0.476 e. The maximum atomic E-state index is 5.38. The third-order valence-electron chi connectivity index (χ3n) is 1.19. The molecule has 6 heteroatoms. The molecule has 1 aromatic heterocycles. The predicted octanol–water partition coefficient (Wildman–Crippen LogP) is 0.885. The van der Waals surface area contributed by atoms with E-state index in [0.29, 0.717) is 18.2 Å². The molecule has 0 unspecified atom stereocenters. The van der Waals surface area contributed by atoms with E-state index in [1.54, 1.807) is 0 Å². The molecule has 0 aromatic carbocycles. The standard InChI is InChI=1S/C7H8BrN3OS/c8-1-2-12-6-4-10-3-5(11-6)7(9)13/h3-4H,1-2H2,(H2,9,13). The Morgan fingerprint density at radius 2 is 2.38 bits per heavy atom. The first-order chi connectivity index (χ1) is 6.24. The Morgan fingerprint density at radius 3 is 3.00 bits per heavy atom. The molecular weight excluding hydrogens is 254 g/mol. The summed E-state index contributed by atoms with van der Waals surface area (Å²) in [7, 11) is 0. The van der Waals surface area contributed by atoms with Gasteiger partial charge in [0, 0.05) is 5.33 Å². The largest absolute Gasteiger partial charge is 0.476 e. The van der Waals surface area contributed by atoms with Crippen molar-refractivity contribution in [2.24, 2.45) is 5.73 Å². The van der Waals surface area contributed by atoms with Gasteiger partial charge < -0.3 is 10.5 Å². The molecule has 13 heavy (non-hydrogen) atoms. The van der Waals surface area contributed by atoms with Crippen LogP contribution in [0.15, 0.2) is 12.4 Å². The first-order valence-corrected chi connectivity index (χ1v) is 5.07. The molecule has 1 rings (SSSR count). The Kier molecular flexibility index (Phi) is 4.04. The number of hydrogen-bond acceptors (Lipinski definition) is 4. The molecule has 0 saturated heterocycles. The van der Waals surface area contributed by atoms with Crippen LogP contribution in [0.3, 0.4) is 0 Å². The number of ether oxygens (including phenoxy) is 1. The molecule has 0 aliphatic heterocycles. The summed E-state index contributed by atoms with van der Waals surface area (Å²) in [5, 5.41) is 0.742. The SMILES string of the molecule is NC(=S)c1cncc(OCCBr)n1. The molecule has 0 aliphatic carbocycles. The van der Waals surface area contributed by atoms with Gasteiger partial charge in [-0.3, -0.25) is 4.98 Å². The van der Waals surface area contributed by atoms with Gasteiger partial charge in [0.05, 0.1) is 19.0 Å². The van der Waals surface area contributed by atoms with E-state index in [9.17, 15) is 0 Å². The second-order valence-corrected chi connectivity index (χ2v) is 3.38. The van der Waals surface area contributed by atoms with Gasteiger partial charge in [-0.05, 0) is 0 Å². The second-order valence-electron chi connectivity index (χ2n) is 2.14. The predicted molar refractivity (Wildman–Crippen MR) is 57.2 cm³/mol. The average molecular weight is 262 g/mol. The fraction of sp³-hybridized carbons (Fsp3) is 0.286. The van der Waals surface area contributed by atoms with E-state index in [1.807, 2.05) is 0 Å².